The van der Waals surface area contributed by atoms with Crippen LogP contribution < -0.4 is 0 Å². The largest absolute Gasteiger partial charge is 0.468 e. The van der Waals surface area contributed by atoms with Crippen molar-refractivity contribution in [1.82, 2.24) is 5.06 Å². The summed E-state index contributed by atoms with van der Waals surface area (Å²) in [7, 11) is 4.18. The van der Waals surface area contributed by atoms with Gasteiger partial charge in [-0.3, -0.25) is 24.0 Å². The SMILES string of the molecule is COC(=O)C(C)(Br)CC(C)(C)C(=O)OCCSSCCOC(=O)C(C)(C)CC(C)(Br)C(=O)ON1C(=O)CCC1=O. The van der Waals surface area contributed by atoms with E-state index in [0.717, 1.165) is 0 Å². The number of hydrogen-bond acceptors (Lipinski definition) is 12. The molecule has 1 aliphatic heterocycles. The molecule has 0 saturated carbocycles. The van der Waals surface area contributed by atoms with Crippen LogP contribution in [0.15, 0.2) is 0 Å². The van der Waals surface area contributed by atoms with Gasteiger partial charge in [-0.15, -0.1) is 5.06 Å². The molecule has 0 bridgehead atoms. The number of carbonyl (C=O) groups is 6. The lowest BCUT2D eigenvalue weighted by atomic mass is 9.83. The first-order valence-electron chi connectivity index (χ1n) is 12.4. The van der Waals surface area contributed by atoms with Gasteiger partial charge in [-0.05, 0) is 54.4 Å². The number of nitrogens with zero attached hydrogens (tertiary/aromatic N) is 1. The molecule has 2 amide bonds. The zero-order valence-corrected chi connectivity index (χ0v) is 28.6. The Morgan fingerprint density at radius 2 is 1.10 bits per heavy atom. The van der Waals surface area contributed by atoms with Crippen molar-refractivity contribution in [1.29, 1.82) is 0 Å². The number of carbonyl (C=O) groups excluding carboxylic acids is 6. The smallest absolute Gasteiger partial charge is 0.349 e. The third-order valence-electron chi connectivity index (χ3n) is 5.75. The monoisotopic (exact) mass is 733 g/mol. The minimum Gasteiger partial charge on any atom is -0.468 e. The predicted molar refractivity (Wildman–Crippen MR) is 157 cm³/mol. The number of amides is 2. The molecular formula is C25H37Br2NO10S2. The Kier molecular flexibility index (Phi) is 14.0. The number of esters is 3. The standard InChI is InChI=1S/C25H37Br2NO10S2/c1-22(2,14-24(5,26)20(33)35-7)18(31)36-10-12-39-40-13-11-37-19(32)23(3,4)15-25(6,27)21(34)38-28-16(29)8-9-17(28)30/h8-15H2,1-7H3. The highest BCUT2D eigenvalue weighted by molar-refractivity contribution is 9.10. The van der Waals surface area contributed by atoms with Gasteiger partial charge in [0.15, 0.2) is 0 Å². The second-order valence-corrected chi connectivity index (χ2v) is 17.1. The Morgan fingerprint density at radius 1 is 0.725 bits per heavy atom. The van der Waals surface area contributed by atoms with Crippen molar-refractivity contribution in [2.75, 3.05) is 31.8 Å². The highest BCUT2D eigenvalue weighted by Gasteiger charge is 2.45. The molecule has 1 heterocycles. The number of methoxy groups -OCH3 is 1. The summed E-state index contributed by atoms with van der Waals surface area (Å²) in [5.41, 5.74) is -1.98. The minimum absolute atomic E-state index is 0.00858. The van der Waals surface area contributed by atoms with Crippen LogP contribution in [0.4, 0.5) is 0 Å². The van der Waals surface area contributed by atoms with E-state index >= 15 is 0 Å². The first-order chi connectivity index (χ1) is 18.3. The molecule has 0 aromatic carbocycles. The van der Waals surface area contributed by atoms with Gasteiger partial charge >= 0.3 is 23.9 Å². The van der Waals surface area contributed by atoms with Crippen LogP contribution >= 0.6 is 53.4 Å². The van der Waals surface area contributed by atoms with Gasteiger partial charge in [0.2, 0.25) is 0 Å². The molecule has 2 atom stereocenters. The number of alkyl halides is 2. The number of imide groups is 1. The number of hydrogen-bond donors (Lipinski definition) is 0. The molecule has 0 aliphatic carbocycles. The van der Waals surface area contributed by atoms with E-state index in [0.29, 0.717) is 16.6 Å². The summed E-state index contributed by atoms with van der Waals surface area (Å²) < 4.78 is 13.1. The Labute approximate surface area is 259 Å². The van der Waals surface area contributed by atoms with Crippen LogP contribution in [-0.4, -0.2) is 81.2 Å². The van der Waals surface area contributed by atoms with E-state index in [-0.39, 0.29) is 38.9 Å². The average molecular weight is 736 g/mol. The summed E-state index contributed by atoms with van der Waals surface area (Å²) in [4.78, 5) is 78.0. The van der Waals surface area contributed by atoms with Crippen LogP contribution in [0.25, 0.3) is 0 Å². The molecule has 0 aromatic rings. The van der Waals surface area contributed by atoms with E-state index in [9.17, 15) is 28.8 Å². The van der Waals surface area contributed by atoms with Crippen molar-refractivity contribution in [2.45, 2.75) is 75.9 Å². The molecule has 0 aromatic heterocycles. The molecule has 1 rings (SSSR count). The highest BCUT2D eigenvalue weighted by atomic mass is 79.9. The van der Waals surface area contributed by atoms with E-state index in [4.69, 9.17) is 19.0 Å². The summed E-state index contributed by atoms with van der Waals surface area (Å²) in [5, 5.41) is 0.466. The fourth-order valence-electron chi connectivity index (χ4n) is 3.84. The minimum atomic E-state index is -1.35. The van der Waals surface area contributed by atoms with Crippen LogP contribution in [0.5, 0.6) is 0 Å². The van der Waals surface area contributed by atoms with Crippen molar-refractivity contribution in [3.05, 3.63) is 0 Å². The molecule has 11 nitrogen and oxygen atoms in total. The van der Waals surface area contributed by atoms with E-state index in [1.807, 2.05) is 0 Å². The molecule has 15 heteroatoms. The summed E-state index contributed by atoms with van der Waals surface area (Å²) in [6, 6.07) is 0. The molecule has 1 saturated heterocycles. The Hall–Kier alpha value is -1.32. The Morgan fingerprint density at radius 3 is 1.48 bits per heavy atom. The third kappa shape index (κ3) is 11.2. The van der Waals surface area contributed by atoms with Crippen LogP contribution in [0.2, 0.25) is 0 Å². The first-order valence-corrected chi connectivity index (χ1v) is 16.5. The zero-order chi connectivity index (χ0) is 30.9. The van der Waals surface area contributed by atoms with Crippen LogP contribution in [0.3, 0.4) is 0 Å². The molecule has 0 spiro atoms. The third-order valence-corrected chi connectivity index (χ3v) is 9.29. The van der Waals surface area contributed by atoms with E-state index in [1.165, 1.54) is 35.6 Å². The molecule has 1 fully saturated rings. The Balaban J connectivity index is 2.35. The molecular weight excluding hydrogens is 698 g/mol. The second kappa shape index (κ2) is 15.2. The van der Waals surface area contributed by atoms with Gasteiger partial charge in [0.25, 0.3) is 11.8 Å². The predicted octanol–water partition coefficient (Wildman–Crippen LogP) is 4.37. The van der Waals surface area contributed by atoms with Crippen molar-refractivity contribution >= 4 is 89.1 Å². The number of ether oxygens (including phenoxy) is 3. The lowest BCUT2D eigenvalue weighted by molar-refractivity contribution is -0.199. The topological polar surface area (TPSA) is 143 Å². The summed E-state index contributed by atoms with van der Waals surface area (Å²) in [6.45, 7) is 10.1. The van der Waals surface area contributed by atoms with Gasteiger partial charge < -0.3 is 19.0 Å². The summed E-state index contributed by atoms with van der Waals surface area (Å²) >= 11 is 6.58. The molecule has 0 radical (unpaired) electrons. The quantitative estimate of drug-likeness (QED) is 0.0555. The van der Waals surface area contributed by atoms with Crippen molar-refractivity contribution in [2.24, 2.45) is 10.8 Å². The van der Waals surface area contributed by atoms with E-state index in [2.05, 4.69) is 31.9 Å². The Bertz CT molecular complexity index is 969. The van der Waals surface area contributed by atoms with Gasteiger partial charge in [-0.1, -0.05) is 53.4 Å². The maximum Gasteiger partial charge on any atom is 0.349 e. The van der Waals surface area contributed by atoms with Crippen LogP contribution in [-0.2, 0) is 47.8 Å². The maximum atomic E-state index is 12.7. The lowest BCUT2D eigenvalue weighted by Crippen LogP contribution is -2.43. The van der Waals surface area contributed by atoms with E-state index < -0.39 is 55.2 Å². The summed E-state index contributed by atoms with van der Waals surface area (Å²) in [5.74, 6) is -2.46. The van der Waals surface area contributed by atoms with Gasteiger partial charge in [-0.2, -0.15) is 0 Å². The van der Waals surface area contributed by atoms with Gasteiger partial charge in [-0.25, -0.2) is 4.79 Å². The van der Waals surface area contributed by atoms with Crippen LogP contribution in [0, 0.1) is 10.8 Å². The number of rotatable bonds is 16. The lowest BCUT2D eigenvalue weighted by Gasteiger charge is -2.30. The van der Waals surface area contributed by atoms with Gasteiger partial charge in [0.1, 0.15) is 21.9 Å². The van der Waals surface area contributed by atoms with Crippen molar-refractivity contribution < 1.29 is 47.8 Å². The summed E-state index contributed by atoms with van der Waals surface area (Å²) in [6.07, 6.45) is 0.156. The maximum absolute atomic E-state index is 12.7. The molecule has 1 aliphatic rings. The second-order valence-electron chi connectivity index (χ2n) is 10.9. The van der Waals surface area contributed by atoms with E-state index in [1.54, 1.807) is 34.6 Å². The molecule has 228 valence electrons. The van der Waals surface area contributed by atoms with Gasteiger partial charge in [0, 0.05) is 24.3 Å². The fraction of sp³-hybridized carbons (Fsp3) is 0.760. The average Bonchev–Trinajstić information content (AvgIpc) is 3.15. The molecule has 0 N–H and O–H groups in total. The molecule has 40 heavy (non-hydrogen) atoms. The normalized spacial score (nSPS) is 17.1. The first kappa shape index (κ1) is 36.7. The van der Waals surface area contributed by atoms with Crippen molar-refractivity contribution in [3.8, 4) is 0 Å². The molecule has 2 unspecified atom stereocenters. The zero-order valence-electron chi connectivity index (χ0n) is 23.8. The number of hydroxylamine groups is 2. The van der Waals surface area contributed by atoms with Crippen LogP contribution in [0.1, 0.15) is 67.2 Å². The number of halogens is 2. The highest BCUT2D eigenvalue weighted by Crippen LogP contribution is 2.37. The fourth-order valence-corrected chi connectivity index (χ4v) is 7.13. The van der Waals surface area contributed by atoms with Crippen molar-refractivity contribution in [3.63, 3.8) is 0 Å². The van der Waals surface area contributed by atoms with Gasteiger partial charge in [0.05, 0.1) is 17.9 Å².